The lowest BCUT2D eigenvalue weighted by Crippen LogP contribution is -2.57. The molecule has 0 aromatic rings. The standard InChI is InChI=1S/C26H37NO4/c1-4-5-6-15-27-22(29)26(31-23(27)30)14-11-21-19-8-7-17-16-18(28)9-12-24(17,2)20(19)10-13-25(21,26)3/h16,19-21H,4-15H2,1-3H3/t19-,20+,21+,24+,25+,26+/m1/s1. The van der Waals surface area contributed by atoms with Crippen molar-refractivity contribution in [1.29, 1.82) is 0 Å². The van der Waals surface area contributed by atoms with Crippen LogP contribution in [-0.4, -0.2) is 34.8 Å². The zero-order valence-corrected chi connectivity index (χ0v) is 19.4. The van der Waals surface area contributed by atoms with E-state index in [9.17, 15) is 14.4 Å². The van der Waals surface area contributed by atoms with Crippen LogP contribution in [0.4, 0.5) is 4.79 Å². The fourth-order valence-corrected chi connectivity index (χ4v) is 8.34. The number of unbranched alkanes of at least 4 members (excludes halogenated alkanes) is 2. The van der Waals surface area contributed by atoms with Crippen LogP contribution in [-0.2, 0) is 14.3 Å². The molecule has 0 N–H and O–H groups in total. The Balaban J connectivity index is 1.42. The fraction of sp³-hybridized carbons (Fsp3) is 0.808. The third-order valence-electron chi connectivity index (χ3n) is 10.1. The molecule has 31 heavy (non-hydrogen) atoms. The summed E-state index contributed by atoms with van der Waals surface area (Å²) >= 11 is 0. The van der Waals surface area contributed by atoms with E-state index < -0.39 is 11.7 Å². The van der Waals surface area contributed by atoms with Gasteiger partial charge in [-0.15, -0.1) is 0 Å². The average Bonchev–Trinajstić information content (AvgIpc) is 3.17. The van der Waals surface area contributed by atoms with Crippen molar-refractivity contribution in [1.82, 2.24) is 4.90 Å². The number of ether oxygens (including phenoxy) is 1. The Kier molecular flexibility index (Phi) is 4.91. The van der Waals surface area contributed by atoms with Gasteiger partial charge in [0.1, 0.15) is 0 Å². The first kappa shape index (κ1) is 21.2. The molecule has 1 aliphatic heterocycles. The predicted octanol–water partition coefficient (Wildman–Crippen LogP) is 5.43. The Morgan fingerprint density at radius 2 is 1.77 bits per heavy atom. The summed E-state index contributed by atoms with van der Waals surface area (Å²) in [7, 11) is 0. The molecule has 1 spiro atoms. The number of carbonyl (C=O) groups excluding carboxylic acids is 3. The second-order valence-electron chi connectivity index (χ2n) is 11.3. The third kappa shape index (κ3) is 2.77. The van der Waals surface area contributed by atoms with E-state index in [0.717, 1.165) is 57.8 Å². The van der Waals surface area contributed by atoms with E-state index in [4.69, 9.17) is 4.74 Å². The van der Waals surface area contributed by atoms with Gasteiger partial charge >= 0.3 is 6.09 Å². The molecule has 0 bridgehead atoms. The van der Waals surface area contributed by atoms with Crippen LogP contribution < -0.4 is 0 Å². The van der Waals surface area contributed by atoms with Crippen LogP contribution >= 0.6 is 0 Å². The van der Waals surface area contributed by atoms with Gasteiger partial charge in [0.15, 0.2) is 11.4 Å². The predicted molar refractivity (Wildman–Crippen MR) is 117 cm³/mol. The van der Waals surface area contributed by atoms with Crippen LogP contribution in [0.5, 0.6) is 0 Å². The summed E-state index contributed by atoms with van der Waals surface area (Å²) in [6.45, 7) is 7.23. The summed E-state index contributed by atoms with van der Waals surface area (Å²) in [5.41, 5.74) is 0.261. The number of carbonyl (C=O) groups is 3. The van der Waals surface area contributed by atoms with Crippen LogP contribution in [0.2, 0.25) is 0 Å². The van der Waals surface area contributed by atoms with Gasteiger partial charge in [-0.25, -0.2) is 9.69 Å². The van der Waals surface area contributed by atoms with E-state index in [0.29, 0.717) is 37.1 Å². The van der Waals surface area contributed by atoms with Gasteiger partial charge in [-0.05, 0) is 80.6 Å². The molecule has 0 unspecified atom stereocenters. The summed E-state index contributed by atoms with van der Waals surface area (Å²) in [4.78, 5) is 39.8. The van der Waals surface area contributed by atoms with E-state index in [2.05, 4.69) is 20.8 Å². The number of nitrogens with zero attached hydrogens (tertiary/aromatic N) is 1. The maximum absolute atomic E-state index is 13.6. The molecule has 0 aromatic heterocycles. The maximum atomic E-state index is 13.6. The highest BCUT2D eigenvalue weighted by atomic mass is 16.6. The molecule has 6 atom stereocenters. The number of rotatable bonds is 4. The van der Waals surface area contributed by atoms with Gasteiger partial charge in [-0.2, -0.15) is 0 Å². The van der Waals surface area contributed by atoms with Crippen LogP contribution in [0.15, 0.2) is 11.6 Å². The summed E-state index contributed by atoms with van der Waals surface area (Å²) in [5, 5.41) is 0. The Bertz CT molecular complexity index is 848. The van der Waals surface area contributed by atoms with E-state index >= 15 is 0 Å². The Morgan fingerprint density at radius 1 is 1.00 bits per heavy atom. The normalized spacial score (nSPS) is 44.1. The van der Waals surface area contributed by atoms with Crippen LogP contribution in [0.25, 0.3) is 0 Å². The molecular formula is C26H37NO4. The van der Waals surface area contributed by atoms with Gasteiger partial charge in [0.2, 0.25) is 0 Å². The lowest BCUT2D eigenvalue weighted by atomic mass is 9.46. The molecular weight excluding hydrogens is 390 g/mol. The largest absolute Gasteiger partial charge is 0.432 e. The van der Waals surface area contributed by atoms with Gasteiger partial charge < -0.3 is 4.74 Å². The minimum atomic E-state index is -0.953. The molecule has 4 aliphatic carbocycles. The number of hydrogen-bond donors (Lipinski definition) is 0. The molecule has 4 fully saturated rings. The van der Waals surface area contributed by atoms with Crippen molar-refractivity contribution in [2.75, 3.05) is 6.54 Å². The number of ketones is 1. The second-order valence-corrected chi connectivity index (χ2v) is 11.3. The summed E-state index contributed by atoms with van der Waals surface area (Å²) in [6, 6.07) is 0. The highest BCUT2D eigenvalue weighted by molar-refractivity contribution is 6.03. The summed E-state index contributed by atoms with van der Waals surface area (Å²) in [5.74, 6) is 1.76. The minimum Gasteiger partial charge on any atom is -0.432 e. The number of amides is 2. The first-order chi connectivity index (χ1) is 14.8. The molecule has 5 aliphatic rings. The first-order valence-corrected chi connectivity index (χ1v) is 12.6. The molecule has 170 valence electrons. The summed E-state index contributed by atoms with van der Waals surface area (Å²) < 4.78 is 6.04. The lowest BCUT2D eigenvalue weighted by molar-refractivity contribution is -0.156. The van der Waals surface area contributed by atoms with Crippen LogP contribution in [0, 0.1) is 28.6 Å². The van der Waals surface area contributed by atoms with Gasteiger partial charge in [0, 0.05) is 18.4 Å². The van der Waals surface area contributed by atoms with Crippen molar-refractivity contribution >= 4 is 17.8 Å². The van der Waals surface area contributed by atoms with Crippen molar-refractivity contribution in [3.63, 3.8) is 0 Å². The van der Waals surface area contributed by atoms with Crippen molar-refractivity contribution in [2.24, 2.45) is 28.6 Å². The van der Waals surface area contributed by atoms with Gasteiger partial charge in [0.05, 0.1) is 0 Å². The quantitative estimate of drug-likeness (QED) is 0.562. The van der Waals surface area contributed by atoms with E-state index in [-0.39, 0.29) is 22.5 Å². The molecule has 3 saturated carbocycles. The van der Waals surface area contributed by atoms with Gasteiger partial charge in [0.25, 0.3) is 5.91 Å². The zero-order valence-electron chi connectivity index (χ0n) is 19.4. The first-order valence-electron chi connectivity index (χ1n) is 12.6. The fourth-order valence-electron chi connectivity index (χ4n) is 8.34. The van der Waals surface area contributed by atoms with Crippen molar-refractivity contribution < 1.29 is 19.1 Å². The smallest absolute Gasteiger partial charge is 0.417 e. The molecule has 5 rings (SSSR count). The minimum absolute atomic E-state index is 0.0667. The topological polar surface area (TPSA) is 63.7 Å². The highest BCUT2D eigenvalue weighted by Crippen LogP contribution is 2.69. The zero-order chi connectivity index (χ0) is 22.0. The Hall–Kier alpha value is -1.65. The lowest BCUT2D eigenvalue weighted by Gasteiger charge is -2.58. The van der Waals surface area contributed by atoms with Crippen LogP contribution in [0.1, 0.15) is 91.4 Å². The molecule has 5 nitrogen and oxygen atoms in total. The van der Waals surface area contributed by atoms with Crippen molar-refractivity contribution in [3.8, 4) is 0 Å². The number of hydrogen-bond acceptors (Lipinski definition) is 4. The van der Waals surface area contributed by atoms with E-state index in [1.165, 1.54) is 10.5 Å². The number of imide groups is 1. The van der Waals surface area contributed by atoms with Crippen molar-refractivity contribution in [3.05, 3.63) is 11.6 Å². The SMILES string of the molecule is CCCCCN1C(=O)O[C@@]2(CC[C@H]3[C@@H]4CCC5=CC(=O)CC[C@]5(C)[C@H]4CC[C@@]32C)C1=O. The van der Waals surface area contributed by atoms with Gasteiger partial charge in [-0.1, -0.05) is 39.2 Å². The molecule has 0 radical (unpaired) electrons. The van der Waals surface area contributed by atoms with E-state index in [1.807, 2.05) is 6.08 Å². The summed E-state index contributed by atoms with van der Waals surface area (Å²) in [6.07, 6.45) is 11.8. The molecule has 5 heteroatoms. The monoisotopic (exact) mass is 427 g/mol. The molecule has 1 heterocycles. The third-order valence-corrected chi connectivity index (χ3v) is 10.1. The van der Waals surface area contributed by atoms with Crippen molar-refractivity contribution in [2.45, 2.75) is 97.0 Å². The second kappa shape index (κ2) is 7.18. The van der Waals surface area contributed by atoms with Crippen LogP contribution in [0.3, 0.4) is 0 Å². The Labute approximate surface area is 186 Å². The molecule has 0 aromatic carbocycles. The highest BCUT2D eigenvalue weighted by Gasteiger charge is 2.72. The van der Waals surface area contributed by atoms with E-state index in [1.54, 1.807) is 0 Å². The molecule has 1 saturated heterocycles. The van der Waals surface area contributed by atoms with Gasteiger partial charge in [-0.3, -0.25) is 9.59 Å². The number of allylic oxidation sites excluding steroid dienone is 1. The Morgan fingerprint density at radius 3 is 2.55 bits per heavy atom. The average molecular weight is 428 g/mol. The maximum Gasteiger partial charge on any atom is 0.417 e. The molecule has 2 amide bonds. The number of fused-ring (bicyclic) bond motifs is 6.